The Balaban J connectivity index is 2.03. The SMILES string of the molecule is CCc1ccc(C(=O)/C=C/Nc2cccc(C)c2C)cc1. The zero-order valence-corrected chi connectivity index (χ0v) is 12.8. The fourth-order valence-electron chi connectivity index (χ4n) is 2.12. The monoisotopic (exact) mass is 279 g/mol. The Bertz CT molecular complexity index is 654. The van der Waals surface area contributed by atoms with Gasteiger partial charge in [0.1, 0.15) is 0 Å². The summed E-state index contributed by atoms with van der Waals surface area (Å²) in [5.41, 5.74) is 5.41. The van der Waals surface area contributed by atoms with Gasteiger partial charge >= 0.3 is 0 Å². The normalized spacial score (nSPS) is 10.8. The molecule has 0 spiro atoms. The van der Waals surface area contributed by atoms with Crippen molar-refractivity contribution in [1.29, 1.82) is 0 Å². The number of anilines is 1. The molecule has 1 N–H and O–H groups in total. The minimum atomic E-state index is 0.00968. The van der Waals surface area contributed by atoms with Gasteiger partial charge in [0, 0.05) is 23.5 Å². The third-order valence-electron chi connectivity index (χ3n) is 3.72. The molecule has 0 amide bonds. The maximum Gasteiger partial charge on any atom is 0.187 e. The highest BCUT2D eigenvalue weighted by Gasteiger charge is 2.02. The van der Waals surface area contributed by atoms with E-state index < -0.39 is 0 Å². The van der Waals surface area contributed by atoms with E-state index >= 15 is 0 Å². The molecule has 21 heavy (non-hydrogen) atoms. The van der Waals surface area contributed by atoms with Gasteiger partial charge in [0.05, 0.1) is 0 Å². The number of benzene rings is 2. The van der Waals surface area contributed by atoms with E-state index in [-0.39, 0.29) is 5.78 Å². The summed E-state index contributed by atoms with van der Waals surface area (Å²) in [6.07, 6.45) is 4.26. The van der Waals surface area contributed by atoms with Gasteiger partial charge in [-0.15, -0.1) is 0 Å². The quantitative estimate of drug-likeness (QED) is 0.636. The highest BCUT2D eigenvalue weighted by molar-refractivity contribution is 6.04. The molecule has 0 unspecified atom stereocenters. The van der Waals surface area contributed by atoms with Crippen LogP contribution in [-0.2, 0) is 6.42 Å². The largest absolute Gasteiger partial charge is 0.361 e. The van der Waals surface area contributed by atoms with Crippen LogP contribution in [0, 0.1) is 13.8 Å². The first kappa shape index (κ1) is 15.0. The maximum absolute atomic E-state index is 12.1. The second-order valence-electron chi connectivity index (χ2n) is 5.14. The lowest BCUT2D eigenvalue weighted by Crippen LogP contribution is -1.98. The van der Waals surface area contributed by atoms with Crippen LogP contribution < -0.4 is 5.32 Å². The Morgan fingerprint density at radius 2 is 1.81 bits per heavy atom. The van der Waals surface area contributed by atoms with Crippen LogP contribution in [0.5, 0.6) is 0 Å². The molecule has 2 aromatic carbocycles. The van der Waals surface area contributed by atoms with E-state index in [1.54, 1.807) is 12.3 Å². The van der Waals surface area contributed by atoms with Crippen molar-refractivity contribution in [3.05, 3.63) is 77.0 Å². The van der Waals surface area contributed by atoms with E-state index in [0.29, 0.717) is 5.56 Å². The summed E-state index contributed by atoms with van der Waals surface area (Å²) in [7, 11) is 0. The number of nitrogens with one attached hydrogen (secondary N) is 1. The second-order valence-corrected chi connectivity index (χ2v) is 5.14. The molecule has 0 aliphatic heterocycles. The van der Waals surface area contributed by atoms with Crippen molar-refractivity contribution >= 4 is 11.5 Å². The molecule has 0 aliphatic carbocycles. The average molecular weight is 279 g/mol. The number of rotatable bonds is 5. The molecule has 0 atom stereocenters. The van der Waals surface area contributed by atoms with Crippen LogP contribution in [0.2, 0.25) is 0 Å². The van der Waals surface area contributed by atoms with Gasteiger partial charge in [0.15, 0.2) is 5.78 Å². The molecule has 0 aromatic heterocycles. The van der Waals surface area contributed by atoms with Gasteiger partial charge in [0.25, 0.3) is 0 Å². The molecule has 2 heteroatoms. The molecule has 0 aliphatic rings. The molecule has 108 valence electrons. The highest BCUT2D eigenvalue weighted by atomic mass is 16.1. The number of carbonyl (C=O) groups is 1. The molecule has 0 saturated heterocycles. The first-order chi connectivity index (χ1) is 10.1. The van der Waals surface area contributed by atoms with Crippen LogP contribution in [0.3, 0.4) is 0 Å². The minimum Gasteiger partial charge on any atom is -0.361 e. The summed E-state index contributed by atoms with van der Waals surface area (Å²) in [5.74, 6) is 0.00968. The predicted molar refractivity (Wildman–Crippen MR) is 88.8 cm³/mol. The molecular formula is C19H21NO. The lowest BCUT2D eigenvalue weighted by molar-refractivity contribution is 0.104. The van der Waals surface area contributed by atoms with Crippen LogP contribution in [-0.4, -0.2) is 5.78 Å². The molecule has 0 bridgehead atoms. The number of hydrogen-bond acceptors (Lipinski definition) is 2. The zero-order valence-electron chi connectivity index (χ0n) is 12.8. The van der Waals surface area contributed by atoms with Crippen molar-refractivity contribution in [3.8, 4) is 0 Å². The Labute approximate surface area is 126 Å². The van der Waals surface area contributed by atoms with Crippen molar-refractivity contribution in [3.63, 3.8) is 0 Å². The fraction of sp³-hybridized carbons (Fsp3) is 0.211. The predicted octanol–water partition coefficient (Wildman–Crippen LogP) is 4.67. The first-order valence-electron chi connectivity index (χ1n) is 7.24. The second kappa shape index (κ2) is 6.89. The summed E-state index contributed by atoms with van der Waals surface area (Å²) in [6, 6.07) is 13.8. The summed E-state index contributed by atoms with van der Waals surface area (Å²) < 4.78 is 0. The molecule has 0 radical (unpaired) electrons. The topological polar surface area (TPSA) is 29.1 Å². The minimum absolute atomic E-state index is 0.00968. The highest BCUT2D eigenvalue weighted by Crippen LogP contribution is 2.17. The van der Waals surface area contributed by atoms with E-state index in [4.69, 9.17) is 0 Å². The molecule has 2 nitrogen and oxygen atoms in total. The summed E-state index contributed by atoms with van der Waals surface area (Å²) >= 11 is 0. The van der Waals surface area contributed by atoms with Crippen molar-refractivity contribution < 1.29 is 4.79 Å². The molecule has 0 fully saturated rings. The van der Waals surface area contributed by atoms with E-state index in [0.717, 1.165) is 12.1 Å². The molecule has 0 saturated carbocycles. The average Bonchev–Trinajstić information content (AvgIpc) is 2.51. The van der Waals surface area contributed by atoms with Gasteiger partial charge in [0.2, 0.25) is 0 Å². The third-order valence-corrected chi connectivity index (χ3v) is 3.72. The number of carbonyl (C=O) groups excluding carboxylic acids is 1. The number of ketones is 1. The van der Waals surface area contributed by atoms with Crippen LogP contribution in [0.4, 0.5) is 5.69 Å². The zero-order chi connectivity index (χ0) is 15.2. The van der Waals surface area contributed by atoms with Gasteiger partial charge in [-0.2, -0.15) is 0 Å². The van der Waals surface area contributed by atoms with E-state index in [1.165, 1.54) is 16.7 Å². The Morgan fingerprint density at radius 3 is 2.48 bits per heavy atom. The van der Waals surface area contributed by atoms with E-state index in [9.17, 15) is 4.79 Å². The Morgan fingerprint density at radius 1 is 1.10 bits per heavy atom. The number of aryl methyl sites for hydroxylation is 2. The van der Waals surface area contributed by atoms with Gasteiger partial charge in [-0.1, -0.05) is 43.3 Å². The van der Waals surface area contributed by atoms with Crippen LogP contribution in [0.25, 0.3) is 0 Å². The van der Waals surface area contributed by atoms with Crippen molar-refractivity contribution in [2.75, 3.05) is 5.32 Å². The van der Waals surface area contributed by atoms with Gasteiger partial charge in [-0.3, -0.25) is 4.79 Å². The summed E-state index contributed by atoms with van der Waals surface area (Å²) in [4.78, 5) is 12.1. The molecule has 0 heterocycles. The van der Waals surface area contributed by atoms with Gasteiger partial charge in [-0.25, -0.2) is 0 Å². The standard InChI is InChI=1S/C19H21NO/c1-4-16-8-10-17(11-9-16)19(21)12-13-20-18-7-5-6-14(2)15(18)3/h5-13,20H,4H2,1-3H3/b13-12+. The van der Waals surface area contributed by atoms with E-state index in [2.05, 4.69) is 32.2 Å². The lowest BCUT2D eigenvalue weighted by Gasteiger charge is -2.07. The third kappa shape index (κ3) is 3.82. The maximum atomic E-state index is 12.1. The van der Waals surface area contributed by atoms with E-state index in [1.807, 2.05) is 36.4 Å². The fourth-order valence-corrected chi connectivity index (χ4v) is 2.12. The van der Waals surface area contributed by atoms with Gasteiger partial charge < -0.3 is 5.32 Å². The van der Waals surface area contributed by atoms with Crippen molar-refractivity contribution in [2.24, 2.45) is 0 Å². The Kier molecular flexibility index (Phi) is 4.94. The summed E-state index contributed by atoms with van der Waals surface area (Å²) in [5, 5.41) is 3.18. The molecule has 2 rings (SSSR count). The molecular weight excluding hydrogens is 258 g/mol. The Hall–Kier alpha value is -2.35. The number of allylic oxidation sites excluding steroid dienone is 1. The summed E-state index contributed by atoms with van der Waals surface area (Å²) in [6.45, 7) is 6.24. The van der Waals surface area contributed by atoms with Crippen LogP contribution >= 0.6 is 0 Å². The van der Waals surface area contributed by atoms with Crippen LogP contribution in [0.15, 0.2) is 54.7 Å². The molecule has 2 aromatic rings. The first-order valence-corrected chi connectivity index (χ1v) is 7.24. The van der Waals surface area contributed by atoms with Gasteiger partial charge in [-0.05, 0) is 43.0 Å². The van der Waals surface area contributed by atoms with Crippen molar-refractivity contribution in [1.82, 2.24) is 0 Å². The van der Waals surface area contributed by atoms with Crippen LogP contribution in [0.1, 0.15) is 34.0 Å². The number of hydrogen-bond donors (Lipinski definition) is 1. The smallest absolute Gasteiger partial charge is 0.187 e. The lowest BCUT2D eigenvalue weighted by atomic mass is 10.1. The van der Waals surface area contributed by atoms with Crippen molar-refractivity contribution in [2.45, 2.75) is 27.2 Å².